The summed E-state index contributed by atoms with van der Waals surface area (Å²) in [5.41, 5.74) is -1.07. The van der Waals surface area contributed by atoms with Gasteiger partial charge in [0.15, 0.2) is 11.6 Å². The zero-order chi connectivity index (χ0) is 16.2. The molecule has 114 valence electrons. The van der Waals surface area contributed by atoms with Gasteiger partial charge in [-0.3, -0.25) is 9.36 Å². The van der Waals surface area contributed by atoms with Crippen LogP contribution in [0.4, 0.5) is 8.78 Å². The summed E-state index contributed by atoms with van der Waals surface area (Å²) in [7, 11) is 0. The first-order valence-corrected chi connectivity index (χ1v) is 6.85. The Bertz CT molecular complexity index is 765. The van der Waals surface area contributed by atoms with Gasteiger partial charge in [-0.1, -0.05) is 20.8 Å². The van der Waals surface area contributed by atoms with Crippen LogP contribution in [0.2, 0.25) is 0 Å². The van der Waals surface area contributed by atoms with E-state index in [1.807, 2.05) is 41.5 Å². The lowest BCUT2D eigenvalue weighted by atomic mass is 9.93. The minimum absolute atomic E-state index is 0.0943. The van der Waals surface area contributed by atoms with Gasteiger partial charge in [0.05, 0.1) is 10.9 Å². The Hall–Kier alpha value is -1.78. The Balaban J connectivity index is 3.03. The molecule has 2 aromatic rings. The van der Waals surface area contributed by atoms with Crippen molar-refractivity contribution >= 4 is 10.9 Å². The van der Waals surface area contributed by atoms with Crippen LogP contribution in [0.25, 0.3) is 10.9 Å². The predicted molar refractivity (Wildman–Crippen MR) is 79.6 cm³/mol. The van der Waals surface area contributed by atoms with Gasteiger partial charge >= 0.3 is 0 Å². The lowest BCUT2D eigenvalue weighted by Gasteiger charge is -2.31. The van der Waals surface area contributed by atoms with Gasteiger partial charge in [0.25, 0.3) is 5.56 Å². The monoisotopic (exact) mass is 294 g/mol. The van der Waals surface area contributed by atoms with Gasteiger partial charge in [-0.05, 0) is 26.8 Å². The number of benzene rings is 1. The normalized spacial score (nSPS) is 13.0. The summed E-state index contributed by atoms with van der Waals surface area (Å²) in [5.74, 6) is -1.48. The average Bonchev–Trinajstić information content (AvgIpc) is 2.28. The summed E-state index contributed by atoms with van der Waals surface area (Å²) < 4.78 is 28.4. The topological polar surface area (TPSA) is 34.9 Å². The molecule has 0 atom stereocenters. The fourth-order valence-electron chi connectivity index (χ4n) is 2.31. The molecule has 0 saturated carbocycles. The van der Waals surface area contributed by atoms with E-state index < -0.39 is 22.6 Å². The molecule has 0 saturated heterocycles. The highest BCUT2D eigenvalue weighted by molar-refractivity contribution is 5.78. The highest BCUT2D eigenvalue weighted by atomic mass is 19.2. The maximum absolute atomic E-state index is 13.4. The van der Waals surface area contributed by atoms with E-state index in [0.29, 0.717) is 5.82 Å². The SMILES string of the molecule is CC(C)(C)c1nc2cc(F)c(F)cc2c(=O)n1C(C)(C)C. The van der Waals surface area contributed by atoms with Crippen molar-refractivity contribution in [1.82, 2.24) is 9.55 Å². The molecule has 0 spiro atoms. The van der Waals surface area contributed by atoms with E-state index in [4.69, 9.17) is 0 Å². The molecular weight excluding hydrogens is 274 g/mol. The summed E-state index contributed by atoms with van der Waals surface area (Å²) in [6.45, 7) is 11.5. The molecule has 0 aliphatic carbocycles. The molecule has 1 aromatic heterocycles. The van der Waals surface area contributed by atoms with E-state index in [0.717, 1.165) is 12.1 Å². The first-order valence-electron chi connectivity index (χ1n) is 6.85. The molecule has 0 radical (unpaired) electrons. The highest BCUT2D eigenvalue weighted by Crippen LogP contribution is 2.26. The molecule has 0 aliphatic heterocycles. The molecule has 1 aromatic carbocycles. The summed E-state index contributed by atoms with van der Waals surface area (Å²) in [4.78, 5) is 17.2. The summed E-state index contributed by atoms with van der Waals surface area (Å²) in [5, 5.41) is 0.0943. The van der Waals surface area contributed by atoms with E-state index in [-0.39, 0.29) is 16.5 Å². The molecular formula is C16H20F2N2O. The van der Waals surface area contributed by atoms with Crippen molar-refractivity contribution in [3.05, 3.63) is 39.9 Å². The van der Waals surface area contributed by atoms with Crippen LogP contribution in [-0.4, -0.2) is 9.55 Å². The van der Waals surface area contributed by atoms with Crippen LogP contribution >= 0.6 is 0 Å². The minimum Gasteiger partial charge on any atom is -0.290 e. The first kappa shape index (κ1) is 15.6. The smallest absolute Gasteiger partial charge is 0.262 e. The van der Waals surface area contributed by atoms with Gasteiger partial charge in [-0.25, -0.2) is 13.8 Å². The fourth-order valence-corrected chi connectivity index (χ4v) is 2.31. The number of rotatable bonds is 0. The molecule has 5 heteroatoms. The fraction of sp³-hybridized carbons (Fsp3) is 0.500. The third-order valence-corrected chi connectivity index (χ3v) is 3.25. The molecule has 0 unspecified atom stereocenters. The van der Waals surface area contributed by atoms with Crippen molar-refractivity contribution in [3.63, 3.8) is 0 Å². The van der Waals surface area contributed by atoms with E-state index in [2.05, 4.69) is 4.98 Å². The Morgan fingerprint density at radius 3 is 2.00 bits per heavy atom. The Morgan fingerprint density at radius 2 is 1.52 bits per heavy atom. The number of halogens is 2. The van der Waals surface area contributed by atoms with Crippen LogP contribution in [0.1, 0.15) is 47.4 Å². The van der Waals surface area contributed by atoms with E-state index in [1.54, 1.807) is 4.57 Å². The molecule has 1 heterocycles. The van der Waals surface area contributed by atoms with Gasteiger partial charge in [0.2, 0.25) is 0 Å². The first-order chi connectivity index (χ1) is 9.43. The van der Waals surface area contributed by atoms with Crippen LogP contribution in [0.5, 0.6) is 0 Å². The highest BCUT2D eigenvalue weighted by Gasteiger charge is 2.28. The van der Waals surface area contributed by atoms with Crippen molar-refractivity contribution in [1.29, 1.82) is 0 Å². The average molecular weight is 294 g/mol. The van der Waals surface area contributed by atoms with Crippen molar-refractivity contribution in [2.45, 2.75) is 52.5 Å². The third kappa shape index (κ3) is 2.69. The molecule has 21 heavy (non-hydrogen) atoms. The van der Waals surface area contributed by atoms with Crippen molar-refractivity contribution < 1.29 is 8.78 Å². The molecule has 2 rings (SSSR count). The number of hydrogen-bond donors (Lipinski definition) is 0. The second-order valence-corrected chi connectivity index (χ2v) is 7.28. The maximum atomic E-state index is 13.4. The summed E-state index contributed by atoms with van der Waals surface area (Å²) in [6, 6.07) is 1.91. The maximum Gasteiger partial charge on any atom is 0.262 e. The largest absolute Gasteiger partial charge is 0.290 e. The van der Waals surface area contributed by atoms with Crippen LogP contribution in [0, 0.1) is 11.6 Å². The zero-order valence-corrected chi connectivity index (χ0v) is 13.2. The lowest BCUT2D eigenvalue weighted by Crippen LogP contribution is -2.40. The second kappa shape index (κ2) is 4.61. The van der Waals surface area contributed by atoms with Crippen molar-refractivity contribution in [3.8, 4) is 0 Å². The van der Waals surface area contributed by atoms with Crippen LogP contribution in [0.15, 0.2) is 16.9 Å². The number of fused-ring (bicyclic) bond motifs is 1. The van der Waals surface area contributed by atoms with E-state index in [1.165, 1.54) is 0 Å². The van der Waals surface area contributed by atoms with Crippen molar-refractivity contribution in [2.75, 3.05) is 0 Å². The van der Waals surface area contributed by atoms with Crippen LogP contribution in [-0.2, 0) is 11.0 Å². The van der Waals surface area contributed by atoms with Gasteiger partial charge in [0.1, 0.15) is 5.82 Å². The van der Waals surface area contributed by atoms with Crippen LogP contribution < -0.4 is 5.56 Å². The molecule has 0 amide bonds. The molecule has 0 bridgehead atoms. The van der Waals surface area contributed by atoms with Crippen LogP contribution in [0.3, 0.4) is 0 Å². The number of nitrogens with zero attached hydrogens (tertiary/aromatic N) is 2. The molecule has 3 nitrogen and oxygen atoms in total. The number of hydrogen-bond acceptors (Lipinski definition) is 2. The predicted octanol–water partition coefficient (Wildman–Crippen LogP) is 3.73. The minimum atomic E-state index is -1.04. The Kier molecular flexibility index (Phi) is 3.43. The van der Waals surface area contributed by atoms with Gasteiger partial charge < -0.3 is 0 Å². The van der Waals surface area contributed by atoms with E-state index >= 15 is 0 Å². The zero-order valence-electron chi connectivity index (χ0n) is 13.2. The van der Waals surface area contributed by atoms with Gasteiger partial charge in [-0.15, -0.1) is 0 Å². The van der Waals surface area contributed by atoms with Crippen molar-refractivity contribution in [2.24, 2.45) is 0 Å². The molecule has 0 aliphatic rings. The van der Waals surface area contributed by atoms with Gasteiger partial charge in [-0.2, -0.15) is 0 Å². The Morgan fingerprint density at radius 1 is 1.00 bits per heavy atom. The molecule has 0 fully saturated rings. The Labute approximate surface area is 122 Å². The lowest BCUT2D eigenvalue weighted by molar-refractivity contribution is 0.338. The number of aromatic nitrogens is 2. The van der Waals surface area contributed by atoms with E-state index in [9.17, 15) is 13.6 Å². The quantitative estimate of drug-likeness (QED) is 0.742. The third-order valence-electron chi connectivity index (χ3n) is 3.25. The second-order valence-electron chi connectivity index (χ2n) is 7.28. The molecule has 0 N–H and O–H groups in total. The standard InChI is InChI=1S/C16H20F2N2O/c1-15(2,3)14-19-12-8-11(18)10(17)7-9(12)13(21)20(14)16(4,5)6/h7-8H,1-6H3. The summed E-state index contributed by atoms with van der Waals surface area (Å²) in [6.07, 6.45) is 0. The van der Waals surface area contributed by atoms with Gasteiger partial charge in [0, 0.05) is 17.0 Å². The summed E-state index contributed by atoms with van der Waals surface area (Å²) >= 11 is 0.